The summed E-state index contributed by atoms with van der Waals surface area (Å²) in [5.74, 6) is -0.403. The molecule has 0 fully saturated rings. The van der Waals surface area contributed by atoms with Gasteiger partial charge in [0.15, 0.2) is 5.13 Å². The second-order valence-electron chi connectivity index (χ2n) is 4.61. The van der Waals surface area contributed by atoms with Crippen molar-refractivity contribution in [1.82, 2.24) is 19.7 Å². The molecule has 0 saturated heterocycles. The molecule has 1 amide bonds. The highest BCUT2D eigenvalue weighted by Crippen LogP contribution is 2.24. The van der Waals surface area contributed by atoms with Crippen LogP contribution in [0.1, 0.15) is 17.4 Å². The summed E-state index contributed by atoms with van der Waals surface area (Å²) in [6.07, 6.45) is 3.40. The molecule has 0 bridgehead atoms. The number of pyridine rings is 1. The molecule has 0 aliphatic carbocycles. The zero-order chi connectivity index (χ0) is 16.2. The van der Waals surface area contributed by atoms with Crippen LogP contribution in [0.4, 0.5) is 5.13 Å². The van der Waals surface area contributed by atoms with E-state index in [0.717, 1.165) is 11.3 Å². The second-order valence-corrected chi connectivity index (χ2v) is 5.46. The summed E-state index contributed by atoms with van der Waals surface area (Å²) in [7, 11) is 0. The van der Waals surface area contributed by atoms with Crippen LogP contribution in [-0.4, -0.2) is 25.7 Å². The van der Waals surface area contributed by atoms with Crippen molar-refractivity contribution < 1.29 is 4.79 Å². The van der Waals surface area contributed by atoms with Crippen LogP contribution in [0.25, 0.3) is 11.3 Å². The smallest absolute Gasteiger partial charge is 0.277 e. The molecule has 0 saturated carbocycles. The highest BCUT2D eigenvalue weighted by molar-refractivity contribution is 7.14. The fraction of sp³-hybridized carbons (Fsp3) is 0.133. The van der Waals surface area contributed by atoms with Gasteiger partial charge in [0, 0.05) is 35.9 Å². The molecule has 3 aromatic rings. The number of carbonyl (C=O) groups excluding carboxylic acids is 1. The van der Waals surface area contributed by atoms with E-state index in [1.54, 1.807) is 19.3 Å². The number of thiazole rings is 1. The van der Waals surface area contributed by atoms with Crippen LogP contribution in [0.3, 0.4) is 0 Å². The molecule has 1 N–H and O–H groups in total. The van der Waals surface area contributed by atoms with Crippen molar-refractivity contribution in [3.05, 3.63) is 58.1 Å². The Morgan fingerprint density at radius 1 is 1.35 bits per heavy atom. The predicted molar refractivity (Wildman–Crippen MR) is 87.5 cm³/mol. The molecule has 116 valence electrons. The van der Waals surface area contributed by atoms with Gasteiger partial charge in [-0.15, -0.1) is 11.3 Å². The summed E-state index contributed by atoms with van der Waals surface area (Å²) in [5.41, 5.74) is 1.55. The van der Waals surface area contributed by atoms with E-state index < -0.39 is 5.91 Å². The zero-order valence-corrected chi connectivity index (χ0v) is 13.1. The minimum Gasteiger partial charge on any atom is -0.296 e. The van der Waals surface area contributed by atoms with Crippen molar-refractivity contribution in [3.8, 4) is 11.3 Å². The average Bonchev–Trinajstić information content (AvgIpc) is 3.04. The van der Waals surface area contributed by atoms with Gasteiger partial charge in [-0.2, -0.15) is 5.10 Å². The Hall–Kier alpha value is -2.87. The number of carbonyl (C=O) groups is 1. The number of rotatable bonds is 4. The maximum absolute atomic E-state index is 12.2. The maximum atomic E-state index is 12.2. The van der Waals surface area contributed by atoms with Crippen molar-refractivity contribution in [2.75, 3.05) is 5.32 Å². The predicted octanol–water partition coefficient (Wildman–Crippen LogP) is 2.03. The Morgan fingerprint density at radius 2 is 2.22 bits per heavy atom. The summed E-state index contributed by atoms with van der Waals surface area (Å²) >= 11 is 1.31. The number of nitrogens with one attached hydrogen (secondary N) is 1. The molecule has 0 aliphatic rings. The summed E-state index contributed by atoms with van der Waals surface area (Å²) in [5, 5.41) is 9.00. The van der Waals surface area contributed by atoms with E-state index in [-0.39, 0.29) is 11.3 Å². The Morgan fingerprint density at radius 3 is 2.96 bits per heavy atom. The summed E-state index contributed by atoms with van der Waals surface area (Å²) in [6, 6.07) is 6.45. The van der Waals surface area contributed by atoms with Crippen LogP contribution in [-0.2, 0) is 6.54 Å². The molecule has 0 aliphatic heterocycles. The molecule has 3 heterocycles. The van der Waals surface area contributed by atoms with Crippen molar-refractivity contribution in [3.63, 3.8) is 0 Å². The van der Waals surface area contributed by atoms with Crippen LogP contribution in [0.15, 0.2) is 46.8 Å². The molecule has 0 spiro atoms. The van der Waals surface area contributed by atoms with E-state index in [9.17, 15) is 9.59 Å². The molecule has 0 radical (unpaired) electrons. The quantitative estimate of drug-likeness (QED) is 0.792. The highest BCUT2D eigenvalue weighted by atomic mass is 32.1. The van der Waals surface area contributed by atoms with Gasteiger partial charge in [-0.25, -0.2) is 9.67 Å². The molecule has 0 atom stereocenters. The van der Waals surface area contributed by atoms with Gasteiger partial charge in [-0.05, 0) is 25.1 Å². The fourth-order valence-corrected chi connectivity index (χ4v) is 2.65. The Kier molecular flexibility index (Phi) is 4.24. The van der Waals surface area contributed by atoms with Gasteiger partial charge >= 0.3 is 0 Å². The minimum atomic E-state index is -0.403. The van der Waals surface area contributed by atoms with E-state index in [4.69, 9.17) is 0 Å². The lowest BCUT2D eigenvalue weighted by atomic mass is 10.2. The first-order valence-corrected chi connectivity index (χ1v) is 7.81. The molecule has 3 aromatic heterocycles. The van der Waals surface area contributed by atoms with E-state index in [1.807, 2.05) is 17.5 Å². The number of anilines is 1. The van der Waals surface area contributed by atoms with Gasteiger partial charge in [0.05, 0.1) is 5.69 Å². The first-order valence-electron chi connectivity index (χ1n) is 6.93. The van der Waals surface area contributed by atoms with Crippen LogP contribution < -0.4 is 10.9 Å². The van der Waals surface area contributed by atoms with Gasteiger partial charge in [-0.3, -0.25) is 19.9 Å². The average molecular weight is 327 g/mol. The molecule has 7 nitrogen and oxygen atoms in total. The van der Waals surface area contributed by atoms with E-state index in [0.29, 0.717) is 11.7 Å². The van der Waals surface area contributed by atoms with Gasteiger partial charge < -0.3 is 0 Å². The number of aromatic nitrogens is 4. The normalized spacial score (nSPS) is 10.5. The SMILES string of the molecule is CCn1nc(C(=O)Nc2nc(-c3cccnc3)cs2)ccc1=O. The lowest BCUT2D eigenvalue weighted by molar-refractivity contribution is 0.102. The number of amides is 1. The Balaban J connectivity index is 1.79. The monoisotopic (exact) mass is 327 g/mol. The zero-order valence-electron chi connectivity index (χ0n) is 12.3. The lowest BCUT2D eigenvalue weighted by Gasteiger charge is -2.04. The first-order chi connectivity index (χ1) is 11.2. The Labute approximate surface area is 135 Å². The van der Waals surface area contributed by atoms with E-state index >= 15 is 0 Å². The van der Waals surface area contributed by atoms with Crippen LogP contribution >= 0.6 is 11.3 Å². The molecular formula is C15H13N5O2S. The molecule has 0 unspecified atom stereocenters. The maximum Gasteiger partial charge on any atom is 0.277 e. The molecule has 8 heteroatoms. The standard InChI is InChI=1S/C15H13N5O2S/c1-2-20-13(21)6-5-11(19-20)14(22)18-15-17-12(9-23-15)10-4-3-7-16-8-10/h3-9H,2H2,1H3,(H,17,18,22). The lowest BCUT2D eigenvalue weighted by Crippen LogP contribution is -2.25. The van der Waals surface area contributed by atoms with Crippen molar-refractivity contribution in [2.24, 2.45) is 0 Å². The van der Waals surface area contributed by atoms with Crippen LogP contribution in [0.2, 0.25) is 0 Å². The first kappa shape index (κ1) is 15.0. The molecule has 0 aromatic carbocycles. The number of hydrogen-bond acceptors (Lipinski definition) is 6. The van der Waals surface area contributed by atoms with Crippen LogP contribution in [0.5, 0.6) is 0 Å². The highest BCUT2D eigenvalue weighted by Gasteiger charge is 2.12. The number of hydrogen-bond donors (Lipinski definition) is 1. The Bertz CT molecular complexity index is 888. The largest absolute Gasteiger partial charge is 0.296 e. The second kappa shape index (κ2) is 6.49. The number of aryl methyl sites for hydroxylation is 1. The molecule has 23 heavy (non-hydrogen) atoms. The van der Waals surface area contributed by atoms with Crippen LogP contribution in [0, 0.1) is 0 Å². The third-order valence-corrected chi connectivity index (χ3v) is 3.84. The topological polar surface area (TPSA) is 89.8 Å². The van der Waals surface area contributed by atoms with Gasteiger partial charge in [0.25, 0.3) is 11.5 Å². The van der Waals surface area contributed by atoms with Gasteiger partial charge in [0.1, 0.15) is 5.69 Å². The fourth-order valence-electron chi connectivity index (χ4n) is 1.94. The minimum absolute atomic E-state index is 0.171. The number of nitrogens with zero attached hydrogens (tertiary/aromatic N) is 4. The molecule has 3 rings (SSSR count). The third-order valence-electron chi connectivity index (χ3n) is 3.08. The van der Waals surface area contributed by atoms with Crippen molar-refractivity contribution in [1.29, 1.82) is 0 Å². The van der Waals surface area contributed by atoms with E-state index in [2.05, 4.69) is 20.4 Å². The summed E-state index contributed by atoms with van der Waals surface area (Å²) in [6.45, 7) is 2.19. The van der Waals surface area contributed by atoms with Crippen molar-refractivity contribution >= 4 is 22.4 Å². The third kappa shape index (κ3) is 3.32. The molecular weight excluding hydrogens is 314 g/mol. The summed E-state index contributed by atoms with van der Waals surface area (Å²) < 4.78 is 1.23. The van der Waals surface area contributed by atoms with Gasteiger partial charge in [-0.1, -0.05) is 0 Å². The van der Waals surface area contributed by atoms with Gasteiger partial charge in [0.2, 0.25) is 0 Å². The summed E-state index contributed by atoms with van der Waals surface area (Å²) in [4.78, 5) is 32.1. The van der Waals surface area contributed by atoms with E-state index in [1.165, 1.54) is 28.2 Å². The van der Waals surface area contributed by atoms with Crippen molar-refractivity contribution in [2.45, 2.75) is 13.5 Å².